The standard InChI is InChI=1S/C20H22N4O5/c1-13(17(26)22-20(12-21)9-5-2-6-10-20)29-16(25)11-24-19(28)15-8-4-3-7-14(15)18(27)23-24/h3-4,7-8,13H,2,5-6,9-11H2,1H3,(H,22,26)(H,23,27)/t13-/m0/s1. The predicted octanol–water partition coefficient (Wildman–Crippen LogP) is 0.964. The highest BCUT2D eigenvalue weighted by atomic mass is 16.5. The second-order valence-electron chi connectivity index (χ2n) is 7.25. The van der Waals surface area contributed by atoms with Crippen molar-refractivity contribution in [1.29, 1.82) is 5.26 Å². The zero-order valence-electron chi connectivity index (χ0n) is 16.1. The first-order valence-electron chi connectivity index (χ1n) is 9.50. The quantitative estimate of drug-likeness (QED) is 0.721. The SMILES string of the molecule is C[C@H](OC(=O)Cn1[nH]c(=O)c2ccccc2c1=O)C(=O)NC1(C#N)CCCCC1. The number of carbonyl (C=O) groups excluding carboxylic acids is 2. The van der Waals surface area contributed by atoms with E-state index >= 15 is 0 Å². The van der Waals surface area contributed by atoms with Crippen molar-refractivity contribution in [1.82, 2.24) is 15.1 Å². The maximum absolute atomic E-state index is 12.4. The minimum atomic E-state index is -1.14. The molecule has 2 N–H and O–H groups in total. The Morgan fingerprint density at radius 3 is 2.55 bits per heavy atom. The van der Waals surface area contributed by atoms with Crippen LogP contribution in [0.25, 0.3) is 10.8 Å². The molecule has 1 aromatic carbocycles. The van der Waals surface area contributed by atoms with Gasteiger partial charge in [0.25, 0.3) is 17.0 Å². The number of nitriles is 1. The zero-order valence-corrected chi connectivity index (χ0v) is 16.1. The maximum atomic E-state index is 12.4. The van der Waals surface area contributed by atoms with Crippen LogP contribution in [0.1, 0.15) is 39.0 Å². The van der Waals surface area contributed by atoms with Gasteiger partial charge in [-0.25, -0.2) is 4.68 Å². The van der Waals surface area contributed by atoms with E-state index in [1.54, 1.807) is 12.1 Å². The van der Waals surface area contributed by atoms with Gasteiger partial charge >= 0.3 is 5.97 Å². The van der Waals surface area contributed by atoms with E-state index in [9.17, 15) is 24.4 Å². The summed E-state index contributed by atoms with van der Waals surface area (Å²) < 4.78 is 5.97. The first-order valence-corrected chi connectivity index (χ1v) is 9.50. The number of hydrogen-bond acceptors (Lipinski definition) is 6. The van der Waals surface area contributed by atoms with Crippen molar-refractivity contribution < 1.29 is 14.3 Å². The van der Waals surface area contributed by atoms with Crippen molar-refractivity contribution in [2.45, 2.75) is 57.2 Å². The summed E-state index contributed by atoms with van der Waals surface area (Å²) in [4.78, 5) is 49.2. The summed E-state index contributed by atoms with van der Waals surface area (Å²) in [5.74, 6) is -1.42. The highest BCUT2D eigenvalue weighted by Crippen LogP contribution is 2.27. The van der Waals surface area contributed by atoms with E-state index in [4.69, 9.17) is 4.74 Å². The molecule has 0 bridgehead atoms. The lowest BCUT2D eigenvalue weighted by atomic mass is 9.83. The lowest BCUT2D eigenvalue weighted by molar-refractivity contribution is -0.156. The number of amides is 1. The number of nitrogens with zero attached hydrogens (tertiary/aromatic N) is 2. The smallest absolute Gasteiger partial charge is 0.328 e. The van der Waals surface area contributed by atoms with Crippen LogP contribution in [0.3, 0.4) is 0 Å². The van der Waals surface area contributed by atoms with Crippen LogP contribution >= 0.6 is 0 Å². The number of hydrogen-bond donors (Lipinski definition) is 2. The van der Waals surface area contributed by atoms with Crippen molar-refractivity contribution >= 4 is 22.6 Å². The predicted molar refractivity (Wildman–Crippen MR) is 104 cm³/mol. The summed E-state index contributed by atoms with van der Waals surface area (Å²) in [5, 5.41) is 14.9. The second kappa shape index (κ2) is 8.31. The van der Waals surface area contributed by atoms with Gasteiger partial charge in [0, 0.05) is 0 Å². The van der Waals surface area contributed by atoms with Crippen LogP contribution in [0.2, 0.25) is 0 Å². The molecule has 0 saturated heterocycles. The number of rotatable bonds is 5. The summed E-state index contributed by atoms with van der Waals surface area (Å²) in [5.41, 5.74) is -1.98. The Morgan fingerprint density at radius 2 is 1.90 bits per heavy atom. The number of H-pyrrole nitrogens is 1. The van der Waals surface area contributed by atoms with Crippen LogP contribution in [0, 0.1) is 11.3 Å². The summed E-state index contributed by atoms with van der Waals surface area (Å²) >= 11 is 0. The van der Waals surface area contributed by atoms with Crippen LogP contribution < -0.4 is 16.4 Å². The highest BCUT2D eigenvalue weighted by molar-refractivity contribution is 5.84. The molecule has 152 valence electrons. The molecule has 1 amide bonds. The maximum Gasteiger partial charge on any atom is 0.328 e. The Labute approximate surface area is 166 Å². The third kappa shape index (κ3) is 4.37. The summed E-state index contributed by atoms with van der Waals surface area (Å²) in [6, 6.07) is 8.44. The van der Waals surface area contributed by atoms with Gasteiger partial charge in [0.1, 0.15) is 12.1 Å². The summed E-state index contributed by atoms with van der Waals surface area (Å²) in [7, 11) is 0. The molecular weight excluding hydrogens is 376 g/mol. The van der Waals surface area contributed by atoms with Gasteiger partial charge in [0.05, 0.1) is 16.8 Å². The normalized spacial score (nSPS) is 16.6. The minimum absolute atomic E-state index is 0.183. The Kier molecular flexibility index (Phi) is 5.82. The highest BCUT2D eigenvalue weighted by Gasteiger charge is 2.35. The fourth-order valence-corrected chi connectivity index (χ4v) is 3.53. The van der Waals surface area contributed by atoms with E-state index in [1.807, 2.05) is 0 Å². The number of benzene rings is 1. The number of carbonyl (C=O) groups is 2. The van der Waals surface area contributed by atoms with Gasteiger partial charge < -0.3 is 10.1 Å². The summed E-state index contributed by atoms with van der Waals surface area (Å²) in [6.45, 7) is 0.854. The molecule has 1 saturated carbocycles. The number of nitrogens with one attached hydrogen (secondary N) is 2. The molecule has 1 fully saturated rings. The summed E-state index contributed by atoms with van der Waals surface area (Å²) in [6.07, 6.45) is 2.69. The lowest BCUT2D eigenvalue weighted by Crippen LogP contribution is -2.52. The van der Waals surface area contributed by atoms with E-state index in [2.05, 4.69) is 16.5 Å². The number of esters is 1. The molecule has 0 radical (unpaired) electrons. The largest absolute Gasteiger partial charge is 0.451 e. The molecule has 1 aromatic heterocycles. The van der Waals surface area contributed by atoms with Gasteiger partial charge in [-0.2, -0.15) is 5.26 Å². The fourth-order valence-electron chi connectivity index (χ4n) is 3.53. The van der Waals surface area contributed by atoms with Gasteiger partial charge in [-0.3, -0.25) is 24.3 Å². The zero-order chi connectivity index (χ0) is 21.0. The molecule has 9 heteroatoms. The van der Waals surface area contributed by atoms with Crippen molar-refractivity contribution in [3.05, 3.63) is 45.0 Å². The molecule has 1 heterocycles. The van der Waals surface area contributed by atoms with E-state index in [0.29, 0.717) is 12.8 Å². The van der Waals surface area contributed by atoms with Gasteiger partial charge in [-0.1, -0.05) is 31.4 Å². The molecular formula is C20H22N4O5. The molecule has 29 heavy (non-hydrogen) atoms. The van der Waals surface area contributed by atoms with E-state index < -0.39 is 41.2 Å². The number of aromatic nitrogens is 2. The molecule has 1 aliphatic rings. The molecule has 9 nitrogen and oxygen atoms in total. The average Bonchev–Trinajstić information content (AvgIpc) is 2.72. The van der Waals surface area contributed by atoms with Crippen molar-refractivity contribution in [2.24, 2.45) is 0 Å². The van der Waals surface area contributed by atoms with Crippen LogP contribution in [0.5, 0.6) is 0 Å². The van der Waals surface area contributed by atoms with E-state index in [1.165, 1.54) is 19.1 Å². The topological polar surface area (TPSA) is 134 Å². The van der Waals surface area contributed by atoms with Gasteiger partial charge in [0.2, 0.25) is 0 Å². The average molecular weight is 398 g/mol. The Hall–Kier alpha value is -3.41. The van der Waals surface area contributed by atoms with Crippen molar-refractivity contribution in [3.63, 3.8) is 0 Å². The molecule has 1 aliphatic carbocycles. The van der Waals surface area contributed by atoms with Gasteiger partial charge in [0.15, 0.2) is 6.10 Å². The third-order valence-electron chi connectivity index (χ3n) is 5.13. The van der Waals surface area contributed by atoms with Crippen LogP contribution in [-0.4, -0.2) is 33.3 Å². The molecule has 0 spiro atoms. The Bertz CT molecular complexity index is 1090. The number of ether oxygens (including phenoxy) is 1. The monoisotopic (exact) mass is 398 g/mol. The number of aromatic amines is 1. The lowest BCUT2D eigenvalue weighted by Gasteiger charge is -2.32. The van der Waals surface area contributed by atoms with Crippen molar-refractivity contribution in [3.8, 4) is 6.07 Å². The van der Waals surface area contributed by atoms with E-state index in [0.717, 1.165) is 23.9 Å². The van der Waals surface area contributed by atoms with Crippen LogP contribution in [0.4, 0.5) is 0 Å². The molecule has 0 unspecified atom stereocenters. The molecule has 3 rings (SSSR count). The minimum Gasteiger partial charge on any atom is -0.451 e. The second-order valence-corrected chi connectivity index (χ2v) is 7.25. The van der Waals surface area contributed by atoms with Crippen LogP contribution in [0.15, 0.2) is 33.9 Å². The van der Waals surface area contributed by atoms with Crippen LogP contribution in [-0.2, 0) is 20.9 Å². The van der Waals surface area contributed by atoms with Gasteiger partial charge in [-0.15, -0.1) is 0 Å². The number of fused-ring (bicyclic) bond motifs is 1. The first-order chi connectivity index (χ1) is 13.8. The molecule has 1 atom stereocenters. The van der Waals surface area contributed by atoms with Crippen molar-refractivity contribution in [2.75, 3.05) is 0 Å². The Balaban J connectivity index is 1.68. The van der Waals surface area contributed by atoms with E-state index in [-0.39, 0.29) is 10.8 Å². The first kappa shape index (κ1) is 20.3. The van der Waals surface area contributed by atoms with Gasteiger partial charge in [-0.05, 0) is 31.9 Å². The molecule has 0 aliphatic heterocycles. The fraction of sp³-hybridized carbons (Fsp3) is 0.450. The third-order valence-corrected chi connectivity index (χ3v) is 5.13. The molecule has 2 aromatic rings. The Morgan fingerprint density at radius 1 is 1.24 bits per heavy atom.